The van der Waals surface area contributed by atoms with Gasteiger partial charge in [-0.05, 0) is 35.4 Å². The number of hydrogen-bond acceptors (Lipinski definition) is 7. The number of amides is 2. The number of nitrogens with one attached hydrogen (secondary N) is 4. The molecule has 0 unspecified atom stereocenters. The number of nitrogens with two attached hydrogens (primary N) is 1. The molecule has 0 radical (unpaired) electrons. The number of anilines is 3. The van der Waals surface area contributed by atoms with E-state index < -0.39 is 0 Å². The van der Waals surface area contributed by atoms with Crippen LogP contribution in [0.4, 0.5) is 17.3 Å². The van der Waals surface area contributed by atoms with Crippen molar-refractivity contribution in [2.45, 2.75) is 6.92 Å². The van der Waals surface area contributed by atoms with Gasteiger partial charge in [-0.15, -0.1) is 0 Å². The predicted octanol–water partition coefficient (Wildman–Crippen LogP) is 3.03. The average Bonchev–Trinajstić information content (AvgIpc) is 2.82. The maximum absolute atomic E-state index is 12.7. The molecule has 0 spiro atoms. The van der Waals surface area contributed by atoms with Crippen LogP contribution in [0.25, 0.3) is 10.8 Å². The minimum absolute atomic E-state index is 0.121. The highest BCUT2D eigenvalue weighted by molar-refractivity contribution is 6.07. The first-order chi connectivity index (χ1) is 15.5. The zero-order valence-electron chi connectivity index (χ0n) is 17.2. The van der Waals surface area contributed by atoms with Crippen LogP contribution in [0.5, 0.6) is 0 Å². The van der Waals surface area contributed by atoms with E-state index in [0.29, 0.717) is 11.1 Å². The zero-order valence-corrected chi connectivity index (χ0v) is 17.2. The van der Waals surface area contributed by atoms with Crippen LogP contribution < -0.4 is 27.4 Å². The van der Waals surface area contributed by atoms with E-state index >= 15 is 0 Å². The van der Waals surface area contributed by atoms with Crippen molar-refractivity contribution in [3.63, 3.8) is 0 Å². The van der Waals surface area contributed by atoms with Crippen molar-refractivity contribution < 1.29 is 9.59 Å². The van der Waals surface area contributed by atoms with Gasteiger partial charge < -0.3 is 5.73 Å². The Kier molecular flexibility index (Phi) is 5.80. The molecule has 0 bridgehead atoms. The van der Waals surface area contributed by atoms with Crippen molar-refractivity contribution in [2.75, 3.05) is 16.6 Å². The molecule has 0 saturated carbocycles. The second-order valence-electron chi connectivity index (χ2n) is 6.98. The number of rotatable bonds is 6. The van der Waals surface area contributed by atoms with Gasteiger partial charge in [-0.3, -0.25) is 31.3 Å². The van der Waals surface area contributed by atoms with Gasteiger partial charge in [0.2, 0.25) is 0 Å². The van der Waals surface area contributed by atoms with Gasteiger partial charge in [0.25, 0.3) is 11.8 Å². The Balaban J connectivity index is 1.44. The van der Waals surface area contributed by atoms with Crippen LogP contribution in [0.15, 0.2) is 73.1 Å². The van der Waals surface area contributed by atoms with Crippen LogP contribution in [-0.2, 0) is 0 Å². The summed E-state index contributed by atoms with van der Waals surface area (Å²) in [4.78, 5) is 33.2. The van der Waals surface area contributed by atoms with Gasteiger partial charge in [0.15, 0.2) is 11.6 Å². The molecule has 0 aliphatic carbocycles. The fourth-order valence-corrected chi connectivity index (χ4v) is 3.21. The monoisotopic (exact) mass is 427 g/mol. The van der Waals surface area contributed by atoms with Gasteiger partial charge in [0, 0.05) is 11.1 Å². The predicted molar refractivity (Wildman–Crippen MR) is 124 cm³/mol. The number of hydrazine groups is 2. The van der Waals surface area contributed by atoms with Crippen LogP contribution >= 0.6 is 0 Å². The van der Waals surface area contributed by atoms with E-state index in [0.717, 1.165) is 16.3 Å². The molecular weight excluding hydrogens is 406 g/mol. The van der Waals surface area contributed by atoms with E-state index in [1.54, 1.807) is 18.2 Å². The molecule has 0 aliphatic heterocycles. The number of nitrogen functional groups attached to an aromatic ring is 1. The Morgan fingerprint density at radius 2 is 1.31 bits per heavy atom. The van der Waals surface area contributed by atoms with Gasteiger partial charge in [-0.1, -0.05) is 54.6 Å². The van der Waals surface area contributed by atoms with E-state index in [1.807, 2.05) is 55.5 Å². The first kappa shape index (κ1) is 20.6. The standard InChI is InChI=1S/C23H21N7O2/c1-14-7-2-4-10-16(14)22(31)29-27-20-19(24)21(26-13-25-20)28-30-23(32)18-12-6-9-15-8-3-5-11-17(15)18/h2-13H,24H2,1H3,(H,29,31)(H,30,32)(H2,25,26,27,28). The van der Waals surface area contributed by atoms with Crippen molar-refractivity contribution in [1.82, 2.24) is 20.8 Å². The summed E-state index contributed by atoms with van der Waals surface area (Å²) in [5, 5.41) is 1.78. The number of nitrogens with zero attached hydrogens (tertiary/aromatic N) is 2. The fourth-order valence-electron chi connectivity index (χ4n) is 3.21. The second kappa shape index (κ2) is 9.00. The number of aromatic nitrogens is 2. The summed E-state index contributed by atoms with van der Waals surface area (Å²) >= 11 is 0. The number of benzene rings is 3. The molecule has 32 heavy (non-hydrogen) atoms. The lowest BCUT2D eigenvalue weighted by Gasteiger charge is -2.14. The first-order valence-corrected chi connectivity index (χ1v) is 9.81. The Morgan fingerprint density at radius 1 is 0.750 bits per heavy atom. The highest BCUT2D eigenvalue weighted by Gasteiger charge is 2.13. The molecule has 4 aromatic rings. The van der Waals surface area contributed by atoms with Crippen LogP contribution in [0, 0.1) is 6.92 Å². The lowest BCUT2D eigenvalue weighted by Crippen LogP contribution is -2.32. The van der Waals surface area contributed by atoms with Gasteiger partial charge in [0.05, 0.1) is 0 Å². The lowest BCUT2D eigenvalue weighted by molar-refractivity contribution is 0.0955. The van der Waals surface area contributed by atoms with Crippen molar-refractivity contribution in [3.05, 3.63) is 89.7 Å². The van der Waals surface area contributed by atoms with Crippen molar-refractivity contribution in [1.29, 1.82) is 0 Å². The quantitative estimate of drug-likeness (QED) is 0.299. The highest BCUT2D eigenvalue weighted by atomic mass is 16.2. The maximum Gasteiger partial charge on any atom is 0.270 e. The molecule has 2 amide bonds. The molecule has 4 rings (SSSR count). The molecule has 9 nitrogen and oxygen atoms in total. The van der Waals surface area contributed by atoms with E-state index in [4.69, 9.17) is 5.73 Å². The van der Waals surface area contributed by atoms with Crippen molar-refractivity contribution >= 4 is 39.9 Å². The Labute approximate surface area is 184 Å². The summed E-state index contributed by atoms with van der Waals surface area (Å²) in [7, 11) is 0. The zero-order chi connectivity index (χ0) is 22.5. The summed E-state index contributed by atoms with van der Waals surface area (Å²) < 4.78 is 0. The van der Waals surface area contributed by atoms with E-state index in [9.17, 15) is 9.59 Å². The molecule has 9 heteroatoms. The van der Waals surface area contributed by atoms with Crippen molar-refractivity contribution in [3.8, 4) is 0 Å². The molecule has 3 aromatic carbocycles. The topological polar surface area (TPSA) is 134 Å². The van der Waals surface area contributed by atoms with Crippen LogP contribution in [0.1, 0.15) is 26.3 Å². The van der Waals surface area contributed by atoms with Crippen LogP contribution in [-0.4, -0.2) is 21.8 Å². The largest absolute Gasteiger partial charge is 0.393 e. The van der Waals surface area contributed by atoms with E-state index in [2.05, 4.69) is 31.7 Å². The lowest BCUT2D eigenvalue weighted by atomic mass is 10.0. The molecular formula is C23H21N7O2. The molecule has 0 aliphatic rings. The number of carbonyl (C=O) groups is 2. The Hall–Kier alpha value is -4.66. The van der Waals surface area contributed by atoms with Gasteiger partial charge in [0.1, 0.15) is 12.0 Å². The number of aryl methyl sites for hydroxylation is 1. The molecule has 1 heterocycles. The third-order valence-electron chi connectivity index (χ3n) is 4.90. The minimum Gasteiger partial charge on any atom is -0.393 e. The maximum atomic E-state index is 12.7. The average molecular weight is 427 g/mol. The molecule has 1 aromatic heterocycles. The molecule has 160 valence electrons. The van der Waals surface area contributed by atoms with Gasteiger partial charge >= 0.3 is 0 Å². The highest BCUT2D eigenvalue weighted by Crippen LogP contribution is 2.22. The number of fused-ring (bicyclic) bond motifs is 1. The van der Waals surface area contributed by atoms with Crippen LogP contribution in [0.3, 0.4) is 0 Å². The Morgan fingerprint density at radius 3 is 2.03 bits per heavy atom. The van der Waals surface area contributed by atoms with E-state index in [1.165, 1.54) is 6.33 Å². The smallest absolute Gasteiger partial charge is 0.270 e. The van der Waals surface area contributed by atoms with Crippen LogP contribution in [0.2, 0.25) is 0 Å². The Bertz CT molecular complexity index is 1300. The molecule has 0 atom stereocenters. The summed E-state index contributed by atoms with van der Waals surface area (Å²) in [6.07, 6.45) is 1.25. The minimum atomic E-state index is -0.345. The van der Waals surface area contributed by atoms with E-state index in [-0.39, 0.29) is 29.1 Å². The first-order valence-electron chi connectivity index (χ1n) is 9.81. The SMILES string of the molecule is Cc1ccccc1C(=O)NNc1ncnc(NNC(=O)c2cccc3ccccc23)c1N. The summed E-state index contributed by atoms with van der Waals surface area (Å²) in [5.41, 5.74) is 18.7. The second-order valence-corrected chi connectivity index (χ2v) is 6.98. The van der Waals surface area contributed by atoms with Gasteiger partial charge in [-0.2, -0.15) is 0 Å². The molecule has 6 N–H and O–H groups in total. The normalized spacial score (nSPS) is 10.4. The third-order valence-corrected chi connectivity index (χ3v) is 4.90. The molecule has 0 saturated heterocycles. The number of carbonyl (C=O) groups excluding carboxylic acids is 2. The van der Waals surface area contributed by atoms with Crippen molar-refractivity contribution in [2.24, 2.45) is 0 Å². The summed E-state index contributed by atoms with van der Waals surface area (Å²) in [6, 6.07) is 20.3. The number of hydrogen-bond donors (Lipinski definition) is 5. The summed E-state index contributed by atoms with van der Waals surface area (Å²) in [6.45, 7) is 1.84. The molecule has 0 fully saturated rings. The van der Waals surface area contributed by atoms with Gasteiger partial charge in [-0.25, -0.2) is 9.97 Å². The fraction of sp³-hybridized carbons (Fsp3) is 0.0435. The summed E-state index contributed by atoms with van der Waals surface area (Å²) in [5.74, 6) is -0.313. The third kappa shape index (κ3) is 4.26.